The van der Waals surface area contributed by atoms with Gasteiger partial charge >= 0.3 is 5.97 Å². The maximum Gasteiger partial charge on any atom is 0.342 e. The molecule has 2 rings (SSSR count). The number of hydrogen-bond acceptors (Lipinski definition) is 6. The molecule has 0 saturated heterocycles. The fraction of sp³-hybridized carbons (Fsp3) is 0.474. The third kappa shape index (κ3) is 5.24. The number of carbonyl (C=O) groups excluding carboxylic acids is 1. The summed E-state index contributed by atoms with van der Waals surface area (Å²) in [4.78, 5) is 12.5. The Morgan fingerprint density at radius 1 is 1.28 bits per heavy atom. The molecule has 0 aromatic heterocycles. The number of ether oxygens (including phenoxy) is 2. The zero-order valence-electron chi connectivity index (χ0n) is 14.7. The Hall–Kier alpha value is -2.50. The molecule has 0 fully saturated rings. The molecule has 0 bridgehead atoms. The van der Waals surface area contributed by atoms with Gasteiger partial charge in [0.1, 0.15) is 17.1 Å². The number of oxime groups is 1. The summed E-state index contributed by atoms with van der Waals surface area (Å²) in [6.07, 6.45) is 7.86. The average Bonchev–Trinajstić information content (AvgIpc) is 2.58. The van der Waals surface area contributed by atoms with Crippen molar-refractivity contribution in [3.05, 3.63) is 29.3 Å². The lowest BCUT2D eigenvalue weighted by atomic mass is 10.0. The second kappa shape index (κ2) is 9.11. The molecular weight excluding hydrogens is 322 g/mol. The molecule has 1 heterocycles. The molecule has 1 atom stereocenters. The van der Waals surface area contributed by atoms with Crippen LogP contribution < -0.4 is 4.74 Å². The summed E-state index contributed by atoms with van der Waals surface area (Å²) >= 11 is 0. The van der Waals surface area contributed by atoms with E-state index in [1.807, 2.05) is 13.0 Å². The van der Waals surface area contributed by atoms with Crippen molar-refractivity contribution in [2.75, 3.05) is 7.11 Å². The Morgan fingerprint density at radius 2 is 2.04 bits per heavy atom. The second-order valence-electron chi connectivity index (χ2n) is 6.18. The predicted octanol–water partition coefficient (Wildman–Crippen LogP) is 4.14. The third-order valence-corrected chi connectivity index (χ3v) is 4.22. The molecule has 0 spiro atoms. The van der Waals surface area contributed by atoms with E-state index in [9.17, 15) is 9.90 Å². The Bertz CT molecular complexity index is 666. The van der Waals surface area contributed by atoms with Gasteiger partial charge in [-0.05, 0) is 57.1 Å². The van der Waals surface area contributed by atoms with Crippen molar-refractivity contribution in [3.8, 4) is 11.5 Å². The van der Waals surface area contributed by atoms with E-state index in [4.69, 9.17) is 14.7 Å². The molecule has 0 radical (unpaired) electrons. The Labute approximate surface area is 147 Å². The molecule has 2 N–H and O–H groups in total. The van der Waals surface area contributed by atoms with Crippen LogP contribution in [0.5, 0.6) is 11.5 Å². The van der Waals surface area contributed by atoms with Crippen LogP contribution in [0.4, 0.5) is 0 Å². The second-order valence-corrected chi connectivity index (χ2v) is 6.18. The highest BCUT2D eigenvalue weighted by Crippen LogP contribution is 2.30. The van der Waals surface area contributed by atoms with Crippen LogP contribution in [-0.2, 0) is 4.74 Å². The molecule has 1 aliphatic rings. The number of carbonyl (C=O) groups is 1. The van der Waals surface area contributed by atoms with Gasteiger partial charge in [0.2, 0.25) is 0 Å². The average molecular weight is 347 g/mol. The monoisotopic (exact) mass is 347 g/mol. The van der Waals surface area contributed by atoms with E-state index in [1.54, 1.807) is 12.1 Å². The normalized spacial score (nSPS) is 21.3. The predicted molar refractivity (Wildman–Crippen MR) is 95.5 cm³/mol. The molecule has 25 heavy (non-hydrogen) atoms. The third-order valence-electron chi connectivity index (χ3n) is 4.22. The summed E-state index contributed by atoms with van der Waals surface area (Å²) in [6, 6.07) is 3.11. The lowest BCUT2D eigenvalue weighted by molar-refractivity contribution is 0.0318. The largest absolute Gasteiger partial charge is 0.507 e. The van der Waals surface area contributed by atoms with E-state index in [0.29, 0.717) is 24.2 Å². The number of hydrogen-bond donors (Lipinski definition) is 2. The first-order chi connectivity index (χ1) is 12.0. The molecule has 0 unspecified atom stereocenters. The molecule has 0 aliphatic carbocycles. The highest BCUT2D eigenvalue weighted by atomic mass is 16.5. The van der Waals surface area contributed by atoms with Crippen molar-refractivity contribution in [2.24, 2.45) is 5.16 Å². The topological polar surface area (TPSA) is 88.3 Å². The molecule has 0 saturated carbocycles. The van der Waals surface area contributed by atoms with E-state index in [-0.39, 0.29) is 17.4 Å². The van der Waals surface area contributed by atoms with Crippen molar-refractivity contribution >= 4 is 17.8 Å². The zero-order valence-corrected chi connectivity index (χ0v) is 14.7. The van der Waals surface area contributed by atoms with Gasteiger partial charge in [-0.25, -0.2) is 4.79 Å². The number of aromatic hydroxyl groups is 1. The minimum atomic E-state index is -0.555. The van der Waals surface area contributed by atoms with Crippen LogP contribution in [0.3, 0.4) is 0 Å². The number of rotatable bonds is 1. The van der Waals surface area contributed by atoms with Crippen LogP contribution in [0.1, 0.15) is 61.4 Å². The van der Waals surface area contributed by atoms with Gasteiger partial charge in [0.15, 0.2) is 0 Å². The van der Waals surface area contributed by atoms with Crippen molar-refractivity contribution in [1.82, 2.24) is 0 Å². The number of phenols is 1. The Balaban J connectivity index is 2.33. The Morgan fingerprint density at radius 3 is 2.76 bits per heavy atom. The van der Waals surface area contributed by atoms with Gasteiger partial charge in [-0.2, -0.15) is 0 Å². The van der Waals surface area contributed by atoms with E-state index in [0.717, 1.165) is 31.4 Å². The van der Waals surface area contributed by atoms with Crippen molar-refractivity contribution < 1.29 is 24.6 Å². The van der Waals surface area contributed by atoms with Crippen LogP contribution >= 0.6 is 0 Å². The number of nitrogens with zero attached hydrogens (tertiary/aromatic N) is 1. The maximum atomic E-state index is 12.5. The number of esters is 1. The first-order valence-corrected chi connectivity index (χ1v) is 8.53. The molecule has 1 aromatic carbocycles. The maximum absolute atomic E-state index is 12.5. The van der Waals surface area contributed by atoms with Gasteiger partial charge in [0.25, 0.3) is 0 Å². The SMILES string of the molecule is COc1cc(O)c2c(c1)C=CCCCC(=NO)CCC[C@@H](C)OC2=O. The Kier molecular flexibility index (Phi) is 6.86. The molecule has 6 nitrogen and oxygen atoms in total. The highest BCUT2D eigenvalue weighted by Gasteiger charge is 2.21. The molecule has 0 amide bonds. The van der Waals surface area contributed by atoms with Gasteiger partial charge in [-0.3, -0.25) is 0 Å². The number of fused-ring (bicyclic) bond motifs is 1. The number of allylic oxidation sites excluding steroid dienone is 1. The summed E-state index contributed by atoms with van der Waals surface area (Å²) in [5.74, 6) is -0.240. The van der Waals surface area contributed by atoms with Gasteiger partial charge in [0.05, 0.1) is 18.9 Å². The minimum absolute atomic E-state index is 0.151. The standard InChI is InChI=1S/C19H25NO5/c1-13-7-6-10-15(20-23)9-5-3-4-8-14-11-16(24-2)12-17(21)18(14)19(22)25-13/h4,8,11-13,21,23H,3,5-7,9-10H2,1-2H3/t13-/m1/s1. The van der Waals surface area contributed by atoms with E-state index in [1.165, 1.54) is 13.2 Å². The lowest BCUT2D eigenvalue weighted by Gasteiger charge is -2.16. The molecule has 1 aliphatic heterocycles. The summed E-state index contributed by atoms with van der Waals surface area (Å²) in [6.45, 7) is 1.82. The lowest BCUT2D eigenvalue weighted by Crippen LogP contribution is -2.17. The fourth-order valence-corrected chi connectivity index (χ4v) is 2.85. The van der Waals surface area contributed by atoms with Gasteiger partial charge in [-0.1, -0.05) is 17.3 Å². The first kappa shape index (κ1) is 18.8. The molecular formula is C19H25NO5. The minimum Gasteiger partial charge on any atom is -0.507 e. The van der Waals surface area contributed by atoms with Gasteiger partial charge < -0.3 is 19.8 Å². The summed E-state index contributed by atoms with van der Waals surface area (Å²) < 4.78 is 10.6. The van der Waals surface area contributed by atoms with Gasteiger partial charge in [0, 0.05) is 6.07 Å². The summed E-state index contributed by atoms with van der Waals surface area (Å²) in [5.41, 5.74) is 1.48. The first-order valence-electron chi connectivity index (χ1n) is 8.53. The number of benzene rings is 1. The number of methoxy groups -OCH3 is 1. The zero-order chi connectivity index (χ0) is 18.2. The van der Waals surface area contributed by atoms with Crippen LogP contribution in [0.2, 0.25) is 0 Å². The van der Waals surface area contributed by atoms with Crippen LogP contribution in [0, 0.1) is 0 Å². The molecule has 136 valence electrons. The summed E-state index contributed by atoms with van der Waals surface area (Å²) in [7, 11) is 1.50. The van der Waals surface area contributed by atoms with Crippen LogP contribution in [-0.4, -0.2) is 35.2 Å². The highest BCUT2D eigenvalue weighted by molar-refractivity contribution is 5.97. The summed E-state index contributed by atoms with van der Waals surface area (Å²) in [5, 5.41) is 22.7. The van der Waals surface area contributed by atoms with Crippen molar-refractivity contribution in [2.45, 2.75) is 51.6 Å². The molecule has 6 heteroatoms. The van der Waals surface area contributed by atoms with Crippen molar-refractivity contribution in [1.29, 1.82) is 0 Å². The molecule has 1 aromatic rings. The van der Waals surface area contributed by atoms with E-state index < -0.39 is 5.97 Å². The van der Waals surface area contributed by atoms with Crippen LogP contribution in [0.15, 0.2) is 23.4 Å². The van der Waals surface area contributed by atoms with E-state index >= 15 is 0 Å². The van der Waals surface area contributed by atoms with Crippen LogP contribution in [0.25, 0.3) is 6.08 Å². The number of phenolic OH excluding ortho intramolecular Hbond substituents is 1. The van der Waals surface area contributed by atoms with E-state index in [2.05, 4.69) is 5.16 Å². The van der Waals surface area contributed by atoms with Gasteiger partial charge in [-0.15, -0.1) is 0 Å². The smallest absolute Gasteiger partial charge is 0.342 e. The van der Waals surface area contributed by atoms with Crippen molar-refractivity contribution in [3.63, 3.8) is 0 Å². The fourth-order valence-electron chi connectivity index (χ4n) is 2.85. The quantitative estimate of drug-likeness (QED) is 0.453. The number of cyclic esters (lactones) is 1.